The molecule has 1 aliphatic rings. The van der Waals surface area contributed by atoms with Crippen molar-refractivity contribution in [3.8, 4) is 0 Å². The van der Waals surface area contributed by atoms with Gasteiger partial charge in [-0.05, 0) is 30.2 Å². The number of hydrogen-bond donors (Lipinski definition) is 1. The van der Waals surface area contributed by atoms with Crippen molar-refractivity contribution < 1.29 is 4.79 Å². The summed E-state index contributed by atoms with van der Waals surface area (Å²) in [5.74, 6) is 0.323. The number of benzene rings is 1. The van der Waals surface area contributed by atoms with E-state index in [1.807, 2.05) is 55.5 Å². The highest BCUT2D eigenvalue weighted by Gasteiger charge is 2.36. The number of carbonyl (C=O) groups is 1. The molecule has 1 aromatic heterocycles. The number of nitrogens with zero attached hydrogens (tertiary/aromatic N) is 3. The molecule has 2 atom stereocenters. The van der Waals surface area contributed by atoms with E-state index in [4.69, 9.17) is 11.6 Å². The number of aromatic nitrogens is 2. The van der Waals surface area contributed by atoms with Crippen LogP contribution < -0.4 is 5.32 Å². The maximum atomic E-state index is 13.1. The maximum absolute atomic E-state index is 13.1. The van der Waals surface area contributed by atoms with Crippen molar-refractivity contribution >= 4 is 29.9 Å². The predicted molar refractivity (Wildman–Crippen MR) is 102 cm³/mol. The summed E-state index contributed by atoms with van der Waals surface area (Å²) in [6, 6.07) is 7.70. The molecule has 0 saturated carbocycles. The standard InChI is InChI=1S/C18H23ClN4O.ClH/c1-3-23(11-13-5-4-6-15(19)7-13)18(24)17-10-20-9-16(17)14-8-21-22(2)12-14;/h4-8,12,16-17,20H,3,9-11H2,1-2H3;1H/t16-,17+;/m1./s1. The molecule has 25 heavy (non-hydrogen) atoms. The first-order valence-corrected chi connectivity index (χ1v) is 8.68. The molecule has 2 heterocycles. The SMILES string of the molecule is CCN(Cc1cccc(Cl)c1)C(=O)[C@H]1CNC[C@@H]1c1cnn(C)c1.Cl. The summed E-state index contributed by atoms with van der Waals surface area (Å²) in [6.07, 6.45) is 3.87. The molecule has 0 bridgehead atoms. The van der Waals surface area contributed by atoms with E-state index < -0.39 is 0 Å². The molecule has 7 heteroatoms. The molecule has 136 valence electrons. The van der Waals surface area contributed by atoms with Crippen molar-refractivity contribution in [3.05, 3.63) is 52.8 Å². The van der Waals surface area contributed by atoms with Gasteiger partial charge in [-0.3, -0.25) is 9.48 Å². The summed E-state index contributed by atoms with van der Waals surface area (Å²) >= 11 is 6.06. The highest BCUT2D eigenvalue weighted by Crippen LogP contribution is 2.29. The van der Waals surface area contributed by atoms with E-state index in [2.05, 4.69) is 10.4 Å². The van der Waals surface area contributed by atoms with Gasteiger partial charge in [-0.15, -0.1) is 12.4 Å². The summed E-state index contributed by atoms with van der Waals surface area (Å²) in [5.41, 5.74) is 2.18. The van der Waals surface area contributed by atoms with E-state index in [-0.39, 0.29) is 30.2 Å². The zero-order chi connectivity index (χ0) is 17.1. The Hall–Kier alpha value is -1.56. The fraction of sp³-hybridized carbons (Fsp3) is 0.444. The van der Waals surface area contributed by atoms with E-state index >= 15 is 0 Å². The molecule has 0 unspecified atom stereocenters. The second-order valence-electron chi connectivity index (χ2n) is 6.30. The normalized spacial score (nSPS) is 19.5. The molecule has 1 fully saturated rings. The van der Waals surface area contributed by atoms with Gasteiger partial charge in [-0.2, -0.15) is 5.10 Å². The lowest BCUT2D eigenvalue weighted by atomic mass is 9.89. The van der Waals surface area contributed by atoms with Crippen molar-refractivity contribution in [2.24, 2.45) is 13.0 Å². The van der Waals surface area contributed by atoms with Crippen LogP contribution in [0.25, 0.3) is 0 Å². The number of hydrogen-bond acceptors (Lipinski definition) is 3. The Morgan fingerprint density at radius 1 is 1.44 bits per heavy atom. The maximum Gasteiger partial charge on any atom is 0.227 e. The molecule has 3 rings (SSSR count). The predicted octanol–water partition coefficient (Wildman–Crippen LogP) is 2.85. The Balaban J connectivity index is 0.00000225. The third-order valence-corrected chi connectivity index (χ3v) is 4.88. The van der Waals surface area contributed by atoms with Gasteiger partial charge in [0.2, 0.25) is 5.91 Å². The Morgan fingerprint density at radius 3 is 2.88 bits per heavy atom. The van der Waals surface area contributed by atoms with E-state index in [1.54, 1.807) is 4.68 Å². The van der Waals surface area contributed by atoms with Gasteiger partial charge in [-0.1, -0.05) is 23.7 Å². The molecule has 1 amide bonds. The largest absolute Gasteiger partial charge is 0.338 e. The van der Waals surface area contributed by atoms with E-state index in [0.29, 0.717) is 24.7 Å². The topological polar surface area (TPSA) is 50.2 Å². The Labute approximate surface area is 159 Å². The van der Waals surface area contributed by atoms with Crippen LogP contribution in [0.3, 0.4) is 0 Å². The van der Waals surface area contributed by atoms with Crippen LogP contribution in [0, 0.1) is 5.92 Å². The Bertz CT molecular complexity index is 719. The number of carbonyl (C=O) groups excluding carboxylic acids is 1. The molecule has 1 N–H and O–H groups in total. The quantitative estimate of drug-likeness (QED) is 0.864. The smallest absolute Gasteiger partial charge is 0.227 e. The van der Waals surface area contributed by atoms with Crippen molar-refractivity contribution in [1.29, 1.82) is 0 Å². The molecule has 1 aromatic carbocycles. The van der Waals surface area contributed by atoms with Gasteiger partial charge in [0.05, 0.1) is 12.1 Å². The highest BCUT2D eigenvalue weighted by atomic mass is 35.5. The van der Waals surface area contributed by atoms with Crippen LogP contribution >= 0.6 is 24.0 Å². The van der Waals surface area contributed by atoms with E-state index in [1.165, 1.54) is 0 Å². The van der Waals surface area contributed by atoms with Gasteiger partial charge in [0.1, 0.15) is 0 Å². The minimum atomic E-state index is -0.0478. The average Bonchev–Trinajstić information content (AvgIpc) is 3.20. The van der Waals surface area contributed by atoms with Crippen molar-refractivity contribution in [2.45, 2.75) is 19.4 Å². The van der Waals surface area contributed by atoms with Gasteiger partial charge in [0, 0.05) is 50.4 Å². The molecular weight excluding hydrogens is 359 g/mol. The van der Waals surface area contributed by atoms with Crippen molar-refractivity contribution in [1.82, 2.24) is 20.0 Å². The second-order valence-corrected chi connectivity index (χ2v) is 6.74. The van der Waals surface area contributed by atoms with Crippen LogP contribution in [0.2, 0.25) is 5.02 Å². The van der Waals surface area contributed by atoms with Crippen LogP contribution in [-0.2, 0) is 18.4 Å². The molecule has 0 spiro atoms. The van der Waals surface area contributed by atoms with Crippen LogP contribution in [0.4, 0.5) is 0 Å². The molecule has 1 saturated heterocycles. The van der Waals surface area contributed by atoms with Crippen molar-refractivity contribution in [2.75, 3.05) is 19.6 Å². The first-order chi connectivity index (χ1) is 11.6. The lowest BCUT2D eigenvalue weighted by Crippen LogP contribution is -2.38. The highest BCUT2D eigenvalue weighted by molar-refractivity contribution is 6.30. The van der Waals surface area contributed by atoms with Crippen LogP contribution in [0.15, 0.2) is 36.7 Å². The van der Waals surface area contributed by atoms with Crippen LogP contribution in [-0.4, -0.2) is 40.2 Å². The van der Waals surface area contributed by atoms with Crippen LogP contribution in [0.5, 0.6) is 0 Å². The average molecular weight is 383 g/mol. The molecular formula is C18H24Cl2N4O. The number of halogens is 2. The number of rotatable bonds is 5. The molecule has 2 aromatic rings. The summed E-state index contributed by atoms with van der Waals surface area (Å²) in [5, 5.41) is 8.30. The minimum Gasteiger partial charge on any atom is -0.338 e. The van der Waals surface area contributed by atoms with Crippen molar-refractivity contribution in [3.63, 3.8) is 0 Å². The fourth-order valence-corrected chi connectivity index (χ4v) is 3.57. The van der Waals surface area contributed by atoms with Gasteiger partial charge < -0.3 is 10.2 Å². The molecule has 0 aliphatic carbocycles. The van der Waals surface area contributed by atoms with Gasteiger partial charge in [-0.25, -0.2) is 0 Å². The van der Waals surface area contributed by atoms with Crippen LogP contribution in [0.1, 0.15) is 24.0 Å². The number of nitrogens with one attached hydrogen (secondary N) is 1. The fourth-order valence-electron chi connectivity index (χ4n) is 3.36. The summed E-state index contributed by atoms with van der Waals surface area (Å²) < 4.78 is 1.79. The Kier molecular flexibility index (Phi) is 6.87. The number of amides is 1. The van der Waals surface area contributed by atoms with Gasteiger partial charge in [0.15, 0.2) is 0 Å². The van der Waals surface area contributed by atoms with E-state index in [9.17, 15) is 4.79 Å². The third-order valence-electron chi connectivity index (χ3n) is 4.64. The lowest BCUT2D eigenvalue weighted by Gasteiger charge is -2.27. The lowest BCUT2D eigenvalue weighted by molar-refractivity contribution is -0.135. The summed E-state index contributed by atoms with van der Waals surface area (Å²) in [6.45, 7) is 4.82. The molecule has 0 radical (unpaired) electrons. The molecule has 5 nitrogen and oxygen atoms in total. The summed E-state index contributed by atoms with van der Waals surface area (Å²) in [4.78, 5) is 15.0. The molecule has 1 aliphatic heterocycles. The number of aryl methyl sites for hydroxylation is 1. The summed E-state index contributed by atoms with van der Waals surface area (Å²) in [7, 11) is 1.90. The van der Waals surface area contributed by atoms with E-state index in [0.717, 1.165) is 17.7 Å². The van der Waals surface area contributed by atoms with Gasteiger partial charge in [0.25, 0.3) is 0 Å². The zero-order valence-electron chi connectivity index (χ0n) is 14.5. The monoisotopic (exact) mass is 382 g/mol. The zero-order valence-corrected chi connectivity index (χ0v) is 16.1. The second kappa shape index (κ2) is 8.70. The third kappa shape index (κ3) is 4.54. The van der Waals surface area contributed by atoms with Gasteiger partial charge >= 0.3 is 0 Å². The Morgan fingerprint density at radius 2 is 2.24 bits per heavy atom. The first kappa shape index (κ1) is 19.8. The minimum absolute atomic E-state index is 0. The first-order valence-electron chi connectivity index (χ1n) is 8.31.